The van der Waals surface area contributed by atoms with E-state index in [2.05, 4.69) is 20.7 Å². The number of halogens is 1. The van der Waals surface area contributed by atoms with Crippen molar-refractivity contribution < 1.29 is 13.2 Å². The average molecular weight is 396 g/mol. The first-order chi connectivity index (χ1) is 11.0. The molecule has 2 aromatic rings. The van der Waals surface area contributed by atoms with Crippen LogP contribution in [0, 0.1) is 12.8 Å². The highest BCUT2D eigenvalue weighted by atomic mass is 79.9. The van der Waals surface area contributed by atoms with E-state index in [-0.39, 0.29) is 10.8 Å². The van der Waals surface area contributed by atoms with Crippen molar-refractivity contribution in [1.29, 1.82) is 0 Å². The van der Waals surface area contributed by atoms with Gasteiger partial charge in [0.25, 0.3) is 0 Å². The molecular weight excluding hydrogens is 378 g/mol. The van der Waals surface area contributed by atoms with Gasteiger partial charge in [-0.3, -0.25) is 0 Å². The summed E-state index contributed by atoms with van der Waals surface area (Å²) in [7, 11) is -3.54. The standard InChI is InChI=1S/C17H18BrNO3S/c1-12-6-7-17(15(18)8-12)23(20,21)19-10-13-9-14-4-2-3-5-16(14)22-11-13/h2-8,13,19H,9-11H2,1H3. The monoisotopic (exact) mass is 395 g/mol. The normalized spacial score (nSPS) is 17.4. The summed E-state index contributed by atoms with van der Waals surface area (Å²) in [5, 5.41) is 0. The molecule has 0 fully saturated rings. The van der Waals surface area contributed by atoms with Crippen LogP contribution < -0.4 is 9.46 Å². The van der Waals surface area contributed by atoms with E-state index in [4.69, 9.17) is 4.74 Å². The molecule has 23 heavy (non-hydrogen) atoms. The van der Waals surface area contributed by atoms with Crippen LogP contribution in [0.25, 0.3) is 0 Å². The lowest BCUT2D eigenvalue weighted by Gasteiger charge is -2.25. The molecule has 1 N–H and O–H groups in total. The summed E-state index contributed by atoms with van der Waals surface area (Å²) in [5.41, 5.74) is 2.13. The second-order valence-corrected chi connectivity index (χ2v) is 8.36. The molecular formula is C17H18BrNO3S. The summed E-state index contributed by atoms with van der Waals surface area (Å²) in [5.74, 6) is 1.02. The summed E-state index contributed by atoms with van der Waals surface area (Å²) >= 11 is 3.33. The van der Waals surface area contributed by atoms with Crippen molar-refractivity contribution in [3.8, 4) is 5.75 Å². The molecule has 0 aliphatic carbocycles. The second-order valence-electron chi connectivity index (χ2n) is 5.77. The molecule has 0 saturated carbocycles. The fourth-order valence-corrected chi connectivity index (χ4v) is 4.96. The van der Waals surface area contributed by atoms with Crippen molar-refractivity contribution >= 4 is 26.0 Å². The molecule has 0 amide bonds. The van der Waals surface area contributed by atoms with Crippen molar-refractivity contribution in [3.05, 3.63) is 58.1 Å². The Morgan fingerprint density at radius 1 is 1.26 bits per heavy atom. The highest BCUT2D eigenvalue weighted by Gasteiger charge is 2.23. The maximum atomic E-state index is 12.5. The topological polar surface area (TPSA) is 55.4 Å². The first-order valence-electron chi connectivity index (χ1n) is 7.42. The molecule has 0 saturated heterocycles. The third kappa shape index (κ3) is 3.76. The van der Waals surface area contributed by atoms with E-state index in [1.807, 2.05) is 31.2 Å². The third-order valence-corrected chi connectivity index (χ3v) is 6.29. The molecule has 122 valence electrons. The molecule has 0 bridgehead atoms. The Morgan fingerprint density at radius 3 is 2.83 bits per heavy atom. The van der Waals surface area contributed by atoms with Crippen LogP contribution in [-0.4, -0.2) is 21.6 Å². The van der Waals surface area contributed by atoms with Crippen LogP contribution in [0.2, 0.25) is 0 Å². The van der Waals surface area contributed by atoms with Gasteiger partial charge in [-0.1, -0.05) is 24.3 Å². The molecule has 3 rings (SSSR count). The van der Waals surface area contributed by atoms with Crippen LogP contribution in [0.3, 0.4) is 0 Å². The summed E-state index contributed by atoms with van der Waals surface area (Å²) in [6.07, 6.45) is 0.813. The molecule has 1 unspecified atom stereocenters. The molecule has 2 aromatic carbocycles. The zero-order chi connectivity index (χ0) is 16.4. The van der Waals surface area contributed by atoms with Gasteiger partial charge in [-0.2, -0.15) is 0 Å². The molecule has 1 aliphatic heterocycles. The number of para-hydroxylation sites is 1. The van der Waals surface area contributed by atoms with Crippen LogP contribution in [0.4, 0.5) is 0 Å². The zero-order valence-corrected chi connectivity index (χ0v) is 15.2. The van der Waals surface area contributed by atoms with Gasteiger partial charge >= 0.3 is 0 Å². The number of nitrogens with one attached hydrogen (secondary N) is 1. The Kier molecular flexibility index (Phi) is 4.75. The van der Waals surface area contributed by atoms with Gasteiger partial charge in [0.15, 0.2) is 0 Å². The lowest BCUT2D eigenvalue weighted by molar-refractivity contribution is 0.223. The average Bonchev–Trinajstić information content (AvgIpc) is 2.52. The van der Waals surface area contributed by atoms with Crippen LogP contribution in [0.5, 0.6) is 5.75 Å². The largest absolute Gasteiger partial charge is 0.493 e. The summed E-state index contributed by atoms with van der Waals surface area (Å²) < 4.78 is 33.9. The van der Waals surface area contributed by atoms with E-state index >= 15 is 0 Å². The highest BCUT2D eigenvalue weighted by Crippen LogP contribution is 2.27. The van der Waals surface area contributed by atoms with E-state index in [0.29, 0.717) is 17.6 Å². The molecule has 0 radical (unpaired) electrons. The van der Waals surface area contributed by atoms with Gasteiger partial charge in [-0.05, 0) is 58.6 Å². The highest BCUT2D eigenvalue weighted by molar-refractivity contribution is 9.10. The molecule has 1 atom stereocenters. The van der Waals surface area contributed by atoms with Gasteiger partial charge in [0.05, 0.1) is 11.5 Å². The summed E-state index contributed by atoms with van der Waals surface area (Å²) in [6.45, 7) is 2.80. The van der Waals surface area contributed by atoms with Crippen LogP contribution in [0.15, 0.2) is 51.8 Å². The van der Waals surface area contributed by atoms with Crippen molar-refractivity contribution in [2.45, 2.75) is 18.2 Å². The van der Waals surface area contributed by atoms with Crippen molar-refractivity contribution in [3.63, 3.8) is 0 Å². The summed E-state index contributed by atoms with van der Waals surface area (Å²) in [6, 6.07) is 13.1. The van der Waals surface area contributed by atoms with Crippen LogP contribution in [-0.2, 0) is 16.4 Å². The maximum Gasteiger partial charge on any atom is 0.241 e. The molecule has 0 aromatic heterocycles. The Hall–Kier alpha value is -1.37. The van der Waals surface area contributed by atoms with Gasteiger partial charge in [-0.15, -0.1) is 0 Å². The predicted molar refractivity (Wildman–Crippen MR) is 93.2 cm³/mol. The third-order valence-electron chi connectivity index (χ3n) is 3.89. The number of benzene rings is 2. The van der Waals surface area contributed by atoms with E-state index in [0.717, 1.165) is 23.3 Å². The number of hydrogen-bond donors (Lipinski definition) is 1. The second kappa shape index (κ2) is 6.63. The molecule has 0 spiro atoms. The van der Waals surface area contributed by atoms with E-state index < -0.39 is 10.0 Å². The van der Waals surface area contributed by atoms with Gasteiger partial charge < -0.3 is 4.74 Å². The number of sulfonamides is 1. The first kappa shape index (κ1) is 16.5. The van der Waals surface area contributed by atoms with Crippen molar-refractivity contribution in [2.24, 2.45) is 5.92 Å². The minimum absolute atomic E-state index is 0.129. The number of fused-ring (bicyclic) bond motifs is 1. The van der Waals surface area contributed by atoms with Crippen molar-refractivity contribution in [1.82, 2.24) is 4.72 Å². The van der Waals surface area contributed by atoms with Crippen molar-refractivity contribution in [2.75, 3.05) is 13.2 Å². The molecule has 1 aliphatic rings. The van der Waals surface area contributed by atoms with E-state index in [1.165, 1.54) is 0 Å². The smallest absolute Gasteiger partial charge is 0.241 e. The van der Waals surface area contributed by atoms with Gasteiger partial charge in [0.2, 0.25) is 10.0 Å². The number of rotatable bonds is 4. The quantitative estimate of drug-likeness (QED) is 0.863. The van der Waals surface area contributed by atoms with Gasteiger partial charge in [0, 0.05) is 16.9 Å². The van der Waals surface area contributed by atoms with Crippen LogP contribution >= 0.6 is 15.9 Å². The van der Waals surface area contributed by atoms with Crippen LogP contribution in [0.1, 0.15) is 11.1 Å². The molecule has 1 heterocycles. The number of aryl methyl sites for hydroxylation is 1. The summed E-state index contributed by atoms with van der Waals surface area (Å²) in [4.78, 5) is 0.264. The molecule has 4 nitrogen and oxygen atoms in total. The lowest BCUT2D eigenvalue weighted by Crippen LogP contribution is -2.34. The predicted octanol–water partition coefficient (Wildman–Crippen LogP) is 3.29. The maximum absolute atomic E-state index is 12.5. The SMILES string of the molecule is Cc1ccc(S(=O)(=O)NCC2COc3ccccc3C2)c(Br)c1. The fraction of sp³-hybridized carbons (Fsp3) is 0.294. The van der Waals surface area contributed by atoms with E-state index in [9.17, 15) is 8.42 Å². The van der Waals surface area contributed by atoms with Gasteiger partial charge in [-0.25, -0.2) is 13.1 Å². The Balaban J connectivity index is 1.68. The Labute approximate surface area is 145 Å². The Morgan fingerprint density at radius 2 is 2.04 bits per heavy atom. The van der Waals surface area contributed by atoms with E-state index in [1.54, 1.807) is 18.2 Å². The molecule has 6 heteroatoms. The fourth-order valence-electron chi connectivity index (χ4n) is 2.65. The zero-order valence-electron chi connectivity index (χ0n) is 12.8. The lowest BCUT2D eigenvalue weighted by atomic mass is 9.97. The van der Waals surface area contributed by atoms with Gasteiger partial charge in [0.1, 0.15) is 5.75 Å². The minimum atomic E-state index is -3.54. The minimum Gasteiger partial charge on any atom is -0.493 e. The number of ether oxygens (including phenoxy) is 1. The number of hydrogen-bond acceptors (Lipinski definition) is 3. The first-order valence-corrected chi connectivity index (χ1v) is 9.70. The Bertz CT molecular complexity index is 820.